The first-order valence-corrected chi connectivity index (χ1v) is 32.9. The van der Waals surface area contributed by atoms with Gasteiger partial charge in [0.05, 0.1) is 61.5 Å². The van der Waals surface area contributed by atoms with Crippen molar-refractivity contribution in [2.45, 2.75) is 262 Å². The van der Waals surface area contributed by atoms with Gasteiger partial charge >= 0.3 is 5.97 Å². The van der Waals surface area contributed by atoms with Crippen molar-refractivity contribution >= 4 is 41.0 Å². The van der Waals surface area contributed by atoms with Gasteiger partial charge in [-0.2, -0.15) is 0 Å². The standard InChI is InChI=1S/C64H106ClN2O14P/c1-15-52-64(10,74)57(70)45(6)67(53(68)31-27-22-20-18-16-17-19-21-24-28-48-37-47(34-35-75-13)32-33-51(48)82(65)49-29-25-23-26-30-49)40-41(2)38-62(8,73)59(81-61-55(69)50(66(11)12)36-42(3)77-61)43(4)56(44(5)60(72)79-52)80-54-39-63(9,76-14)58(71)46(7)78-54/h23,25-26,29-30,32-33,37,41-46,50,52,54-59,61,69-71,73-74H,15-22,24,27-28,31,34-36,38-40H2,1-14H3/t41-,42-,43+,44-,45-,46+,50+,52-,54+,55-,56+,57-,58+,59-,61+,62-,63-,64-,82?/m1/s1. The molecule has 2 aromatic carbocycles. The average Bonchev–Trinajstić information content (AvgIpc) is 3.50. The van der Waals surface area contributed by atoms with Gasteiger partial charge in [-0.15, -0.1) is 0 Å². The van der Waals surface area contributed by atoms with Gasteiger partial charge in [0.15, 0.2) is 12.6 Å². The number of carbonyl (C=O) groups excluding carboxylic acids is 2. The van der Waals surface area contributed by atoms with Crippen LogP contribution in [0, 0.1) is 17.8 Å². The largest absolute Gasteiger partial charge is 0.459 e. The molecule has 3 fully saturated rings. The maximum Gasteiger partial charge on any atom is 0.311 e. The molecule has 0 radical (unpaired) electrons. The van der Waals surface area contributed by atoms with Crippen LogP contribution in [-0.4, -0.2) is 179 Å². The highest BCUT2D eigenvalue weighted by Gasteiger charge is 2.53. The predicted molar refractivity (Wildman–Crippen MR) is 324 cm³/mol. The van der Waals surface area contributed by atoms with E-state index in [9.17, 15) is 35.1 Å². The van der Waals surface area contributed by atoms with Crippen LogP contribution in [-0.2, 0) is 55.6 Å². The first-order chi connectivity index (χ1) is 38.7. The molecule has 5 rings (SSSR count). The van der Waals surface area contributed by atoms with E-state index < -0.39 is 109 Å². The number of methoxy groups -OCH3 is 2. The minimum absolute atomic E-state index is 0.0699. The van der Waals surface area contributed by atoms with Crippen molar-refractivity contribution in [2.75, 3.05) is 41.5 Å². The van der Waals surface area contributed by atoms with Crippen molar-refractivity contribution in [1.29, 1.82) is 0 Å². The Labute approximate surface area is 498 Å². The Morgan fingerprint density at radius 2 is 1.46 bits per heavy atom. The average molecular weight is 1190 g/mol. The van der Waals surface area contributed by atoms with E-state index in [1.165, 1.54) is 30.5 Å². The number of cyclic esters (lactones) is 1. The molecule has 16 nitrogen and oxygen atoms in total. The van der Waals surface area contributed by atoms with Crippen molar-refractivity contribution in [2.24, 2.45) is 17.8 Å². The quantitative estimate of drug-likeness (QED) is 0.0379. The minimum Gasteiger partial charge on any atom is -0.459 e. The number of hydrogen-bond acceptors (Lipinski definition) is 15. The number of amides is 1. The number of unbranched alkanes of at least 4 members (excludes halogenated alkanes) is 8. The van der Waals surface area contributed by atoms with Crippen LogP contribution in [0.5, 0.6) is 0 Å². The number of rotatable bonds is 24. The van der Waals surface area contributed by atoms with Crippen molar-refractivity contribution in [3.63, 3.8) is 0 Å². The van der Waals surface area contributed by atoms with Crippen LogP contribution in [0.15, 0.2) is 48.5 Å². The third-order valence-corrected chi connectivity index (χ3v) is 20.7. The van der Waals surface area contributed by atoms with Crippen molar-refractivity contribution in [1.82, 2.24) is 9.80 Å². The maximum absolute atomic E-state index is 14.7. The first kappa shape index (κ1) is 70.4. The highest BCUT2D eigenvalue weighted by Crippen LogP contribution is 2.42. The van der Waals surface area contributed by atoms with E-state index in [1.54, 1.807) is 60.5 Å². The smallest absolute Gasteiger partial charge is 0.311 e. The Balaban J connectivity index is 1.29. The number of nitrogens with zero attached hydrogens (tertiary/aromatic N) is 2. The molecule has 3 aliphatic heterocycles. The molecular formula is C64H106ClN2O14P. The minimum atomic E-state index is -2.01. The maximum atomic E-state index is 14.7. The Bertz CT molecular complexity index is 2230. The molecule has 82 heavy (non-hydrogen) atoms. The number of halogens is 1. The molecule has 0 spiro atoms. The second-order valence-corrected chi connectivity index (χ2v) is 27.8. The number of hydrogen-bond donors (Lipinski definition) is 5. The number of ether oxygens (including phenoxy) is 7. The number of likely N-dealkylation sites (N-methyl/N-ethyl adjacent to an activating group) is 1. The molecule has 0 bridgehead atoms. The lowest BCUT2D eigenvalue weighted by Crippen LogP contribution is -2.60. The molecule has 1 amide bonds. The van der Waals surface area contributed by atoms with Crippen LogP contribution in [0.4, 0.5) is 0 Å². The van der Waals surface area contributed by atoms with Crippen LogP contribution in [0.25, 0.3) is 0 Å². The van der Waals surface area contributed by atoms with Crippen LogP contribution in [0.3, 0.4) is 0 Å². The van der Waals surface area contributed by atoms with Gasteiger partial charge < -0.3 is 68.5 Å². The van der Waals surface area contributed by atoms with Crippen LogP contribution < -0.4 is 10.6 Å². The van der Waals surface area contributed by atoms with Gasteiger partial charge in [0.25, 0.3) is 0 Å². The van der Waals surface area contributed by atoms with Crippen LogP contribution in [0.1, 0.15) is 170 Å². The van der Waals surface area contributed by atoms with E-state index in [-0.39, 0.29) is 50.3 Å². The molecule has 0 aromatic heterocycles. The summed E-state index contributed by atoms with van der Waals surface area (Å²) < 4.78 is 43.6. The Morgan fingerprint density at radius 1 is 0.829 bits per heavy atom. The number of aryl methyl sites for hydroxylation is 1. The second kappa shape index (κ2) is 32.6. The molecule has 2 aromatic rings. The highest BCUT2D eigenvalue weighted by molar-refractivity contribution is 7.95. The molecular weight excluding hydrogens is 1090 g/mol. The molecule has 19 atom stereocenters. The highest BCUT2D eigenvalue weighted by atomic mass is 35.7. The summed E-state index contributed by atoms with van der Waals surface area (Å²) in [4.78, 5) is 32.8. The molecule has 0 aliphatic carbocycles. The van der Waals surface area contributed by atoms with E-state index in [0.29, 0.717) is 19.4 Å². The summed E-state index contributed by atoms with van der Waals surface area (Å²) in [5.41, 5.74) is -2.20. The summed E-state index contributed by atoms with van der Waals surface area (Å²) in [6.07, 6.45) is 1.72. The summed E-state index contributed by atoms with van der Waals surface area (Å²) >= 11 is 7.13. The van der Waals surface area contributed by atoms with E-state index in [0.717, 1.165) is 69.5 Å². The van der Waals surface area contributed by atoms with Crippen molar-refractivity contribution in [3.8, 4) is 0 Å². The summed E-state index contributed by atoms with van der Waals surface area (Å²) in [5.74, 6) is -3.28. The van der Waals surface area contributed by atoms with Crippen LogP contribution >= 0.6 is 18.5 Å². The van der Waals surface area contributed by atoms with E-state index >= 15 is 0 Å². The lowest BCUT2D eigenvalue weighted by Gasteiger charge is -2.48. The summed E-state index contributed by atoms with van der Waals surface area (Å²) in [6, 6.07) is 15.8. The lowest BCUT2D eigenvalue weighted by molar-refractivity contribution is -0.318. The fourth-order valence-electron chi connectivity index (χ4n) is 12.9. The van der Waals surface area contributed by atoms with Gasteiger partial charge in [0.2, 0.25) is 5.91 Å². The fraction of sp³-hybridized carbons (Fsp3) is 0.781. The van der Waals surface area contributed by atoms with E-state index in [1.807, 2.05) is 51.0 Å². The number of carbonyl (C=O) groups is 2. The second-order valence-electron chi connectivity index (χ2n) is 25.3. The molecule has 3 heterocycles. The van der Waals surface area contributed by atoms with Gasteiger partial charge in [0.1, 0.15) is 30.0 Å². The van der Waals surface area contributed by atoms with Gasteiger partial charge in [-0.3, -0.25) is 9.59 Å². The molecule has 3 saturated heterocycles. The zero-order chi connectivity index (χ0) is 60.7. The molecule has 468 valence electrons. The normalized spacial score (nSPS) is 35.9. The molecule has 0 saturated carbocycles. The lowest BCUT2D eigenvalue weighted by atomic mass is 9.77. The van der Waals surface area contributed by atoms with Gasteiger partial charge in [-0.05, 0) is 135 Å². The SMILES string of the molecule is CC[C@H]1OC(=O)[C@H](C)[C@@H](O[C@H]2C[C@@](C)(OC)[C@@H](O)[C@H](C)O2)[C@H](C)[C@@H](O[C@@H]2O[C@H](C)C[C@H](N(C)C)[C@H]2O)[C@](C)(O)C[C@@H](C)CN(C(=O)CCCCCCCCCCCc2cc(CCOC)ccc2P(Cl)c2ccccc2)[C@H](C)[C@@H](O)[C@]1(C)O. The fourth-order valence-corrected chi connectivity index (χ4v) is 15.1. The molecule has 3 aliphatic rings. The van der Waals surface area contributed by atoms with Crippen molar-refractivity contribution < 1.29 is 68.3 Å². The summed E-state index contributed by atoms with van der Waals surface area (Å²) in [5, 5.41) is 62.8. The number of aliphatic hydroxyl groups excluding tert-OH is 3. The molecule has 1 unspecified atom stereocenters. The van der Waals surface area contributed by atoms with Crippen LogP contribution in [0.2, 0.25) is 0 Å². The van der Waals surface area contributed by atoms with Gasteiger partial charge in [-0.1, -0.05) is 125 Å². The summed E-state index contributed by atoms with van der Waals surface area (Å²) in [6.45, 7) is 18.1. The monoisotopic (exact) mass is 1190 g/mol. The first-order valence-electron chi connectivity index (χ1n) is 30.6. The summed E-state index contributed by atoms with van der Waals surface area (Å²) in [7, 11) is 6.03. The Hall–Kier alpha value is -2.38. The van der Waals surface area contributed by atoms with Crippen molar-refractivity contribution in [3.05, 3.63) is 59.7 Å². The molecule has 5 N–H and O–H groups in total. The topological polar surface area (TPSA) is 206 Å². The van der Waals surface area contributed by atoms with Gasteiger partial charge in [-0.25, -0.2) is 0 Å². The zero-order valence-electron chi connectivity index (χ0n) is 52.1. The predicted octanol–water partition coefficient (Wildman–Crippen LogP) is 8.72. The Kier molecular flexibility index (Phi) is 27.9. The van der Waals surface area contributed by atoms with E-state index in [4.69, 9.17) is 44.4 Å². The third kappa shape index (κ3) is 18.8. The zero-order valence-corrected chi connectivity index (χ0v) is 53.8. The number of benzene rings is 2. The van der Waals surface area contributed by atoms with E-state index in [2.05, 4.69) is 30.3 Å². The Morgan fingerprint density at radius 3 is 2.07 bits per heavy atom. The molecule has 18 heteroatoms. The van der Waals surface area contributed by atoms with Gasteiger partial charge in [0, 0.05) is 45.6 Å². The number of esters is 1. The third-order valence-electron chi connectivity index (χ3n) is 18.0. The number of aliphatic hydroxyl groups is 5.